The Hall–Kier alpha value is -3.27. The van der Waals surface area contributed by atoms with Crippen molar-refractivity contribution >= 4 is 29.3 Å². The molecule has 2 aromatic carbocycles. The van der Waals surface area contributed by atoms with E-state index in [9.17, 15) is 27.6 Å². The van der Waals surface area contributed by atoms with Crippen LogP contribution in [0.15, 0.2) is 36.4 Å². The van der Waals surface area contributed by atoms with E-state index in [-0.39, 0.29) is 46.9 Å². The number of hydrogen-bond donors (Lipinski definition) is 0. The van der Waals surface area contributed by atoms with Gasteiger partial charge in [-0.1, -0.05) is 24.6 Å². The highest BCUT2D eigenvalue weighted by Crippen LogP contribution is 2.47. The molecule has 2 aromatic rings. The number of amides is 3. The van der Waals surface area contributed by atoms with Crippen molar-refractivity contribution in [3.05, 3.63) is 63.7 Å². The van der Waals surface area contributed by atoms with E-state index in [1.807, 2.05) is 30.9 Å². The maximum atomic E-state index is 13.8. The number of carbonyl (C=O) groups is 3. The van der Waals surface area contributed by atoms with Crippen molar-refractivity contribution in [2.45, 2.75) is 57.7 Å². The van der Waals surface area contributed by atoms with Crippen LogP contribution >= 0.6 is 11.6 Å². The topological polar surface area (TPSA) is 70.2 Å². The number of rotatable bonds is 6. The molecule has 7 nitrogen and oxygen atoms in total. The van der Waals surface area contributed by atoms with Gasteiger partial charge in [0.25, 0.3) is 5.91 Å². The molecule has 0 bridgehead atoms. The third-order valence-corrected chi connectivity index (χ3v) is 9.68. The number of nitrogens with zero attached hydrogens (tertiary/aromatic N) is 3. The number of alkyl halides is 3. The normalized spacial score (nSPS) is 22.0. The Morgan fingerprint density at radius 2 is 1.70 bits per heavy atom. The van der Waals surface area contributed by atoms with Gasteiger partial charge in [0, 0.05) is 61.1 Å². The van der Waals surface area contributed by atoms with E-state index in [1.165, 1.54) is 11.0 Å². The highest BCUT2D eigenvalue weighted by Gasteiger charge is 2.48. The van der Waals surface area contributed by atoms with E-state index in [0.717, 1.165) is 43.2 Å². The number of methoxy groups -OCH3 is 1. The summed E-state index contributed by atoms with van der Waals surface area (Å²) < 4.78 is 46.0. The molecule has 2 saturated heterocycles. The van der Waals surface area contributed by atoms with Crippen LogP contribution in [0.25, 0.3) is 0 Å². The monoisotopic (exact) mass is 619 g/mol. The summed E-state index contributed by atoms with van der Waals surface area (Å²) in [6.07, 6.45) is -1.73. The second-order valence-corrected chi connectivity index (χ2v) is 12.8. The number of likely N-dealkylation sites (tertiary alicyclic amines) is 2. The van der Waals surface area contributed by atoms with Gasteiger partial charge in [-0.05, 0) is 74.1 Å². The van der Waals surface area contributed by atoms with Crippen LogP contribution in [0.2, 0.25) is 5.02 Å². The van der Waals surface area contributed by atoms with Gasteiger partial charge in [-0.3, -0.25) is 14.4 Å². The smallest absolute Gasteiger partial charge is 0.419 e. The first-order valence-corrected chi connectivity index (χ1v) is 15.0. The zero-order chi connectivity index (χ0) is 31.3. The Labute approximate surface area is 254 Å². The summed E-state index contributed by atoms with van der Waals surface area (Å²) in [7, 11) is 2.72. The van der Waals surface area contributed by atoms with Gasteiger partial charge in [0.1, 0.15) is 5.75 Å². The van der Waals surface area contributed by atoms with Crippen molar-refractivity contribution in [2.75, 3.05) is 40.3 Å². The molecule has 3 amide bonds. The summed E-state index contributed by atoms with van der Waals surface area (Å²) >= 11 is 6.22. The molecule has 3 aliphatic rings. The Morgan fingerprint density at radius 3 is 2.28 bits per heavy atom. The standard InChI is InChI=1S/C32H37ClF3N3O4/c1-19-15-22(33)6-7-23(19)24-17-39(29(41)20-9-13-38(14-10-20)30(42)31(2)11-12-31)18-26(24)37(3)28(40)21-5-8-27(43-4)25(16-21)32(34,35)36/h5-8,15-16,20,24,26H,9-14,17-18H2,1-4H3/t24-,26+/m1/s1. The molecule has 43 heavy (non-hydrogen) atoms. The quantitative estimate of drug-likeness (QED) is 0.411. The summed E-state index contributed by atoms with van der Waals surface area (Å²) in [5.41, 5.74) is 0.441. The van der Waals surface area contributed by atoms with Crippen molar-refractivity contribution in [3.63, 3.8) is 0 Å². The van der Waals surface area contributed by atoms with Crippen molar-refractivity contribution in [1.82, 2.24) is 14.7 Å². The zero-order valence-electron chi connectivity index (χ0n) is 24.8. The molecular weight excluding hydrogens is 583 g/mol. The Balaban J connectivity index is 1.37. The molecule has 2 atom stereocenters. The average molecular weight is 620 g/mol. The van der Waals surface area contributed by atoms with Gasteiger partial charge in [0.15, 0.2) is 0 Å². The summed E-state index contributed by atoms with van der Waals surface area (Å²) in [5.74, 6) is -1.30. The summed E-state index contributed by atoms with van der Waals surface area (Å²) in [6, 6.07) is 8.28. The van der Waals surface area contributed by atoms with Gasteiger partial charge in [-0.15, -0.1) is 0 Å². The molecule has 2 heterocycles. The van der Waals surface area contributed by atoms with Crippen LogP contribution < -0.4 is 4.74 Å². The summed E-state index contributed by atoms with van der Waals surface area (Å²) in [6.45, 7) is 5.59. The van der Waals surface area contributed by atoms with E-state index < -0.39 is 23.7 Å². The minimum absolute atomic E-state index is 0.0199. The fraction of sp³-hybridized carbons (Fsp3) is 0.531. The second kappa shape index (κ2) is 11.7. The number of carbonyl (C=O) groups excluding carboxylic acids is 3. The highest BCUT2D eigenvalue weighted by atomic mass is 35.5. The number of hydrogen-bond acceptors (Lipinski definition) is 4. The lowest BCUT2D eigenvalue weighted by atomic mass is 9.90. The van der Waals surface area contributed by atoms with Crippen LogP contribution in [0, 0.1) is 18.3 Å². The minimum Gasteiger partial charge on any atom is -0.496 e. The number of likely N-dealkylation sites (N-methyl/N-ethyl adjacent to an activating group) is 1. The molecule has 1 saturated carbocycles. The molecule has 0 spiro atoms. The van der Waals surface area contributed by atoms with Crippen LogP contribution in [0.5, 0.6) is 5.75 Å². The SMILES string of the molecule is COc1ccc(C(=O)N(C)[C@H]2CN(C(=O)C3CCN(C(=O)C4(C)CC4)CC3)C[C@@H]2c2ccc(Cl)cc2C)cc1C(F)(F)F. The van der Waals surface area contributed by atoms with Gasteiger partial charge >= 0.3 is 6.18 Å². The van der Waals surface area contributed by atoms with E-state index >= 15 is 0 Å². The molecule has 1 aliphatic carbocycles. The fourth-order valence-corrected chi connectivity index (χ4v) is 6.73. The second-order valence-electron chi connectivity index (χ2n) is 12.4. The van der Waals surface area contributed by atoms with E-state index in [1.54, 1.807) is 18.0 Å². The molecule has 232 valence electrons. The molecule has 0 radical (unpaired) electrons. The third kappa shape index (κ3) is 6.21. The minimum atomic E-state index is -4.70. The van der Waals surface area contributed by atoms with Crippen molar-refractivity contribution < 1.29 is 32.3 Å². The molecule has 5 rings (SSSR count). The Morgan fingerprint density at radius 1 is 1.02 bits per heavy atom. The van der Waals surface area contributed by atoms with Crippen LogP contribution in [-0.4, -0.2) is 78.8 Å². The number of halogens is 4. The summed E-state index contributed by atoms with van der Waals surface area (Å²) in [4.78, 5) is 45.3. The lowest BCUT2D eigenvalue weighted by molar-refractivity contribution is -0.142. The predicted octanol–water partition coefficient (Wildman–Crippen LogP) is 5.78. The van der Waals surface area contributed by atoms with Gasteiger partial charge in [-0.2, -0.15) is 13.2 Å². The van der Waals surface area contributed by atoms with Gasteiger partial charge in [-0.25, -0.2) is 0 Å². The highest BCUT2D eigenvalue weighted by molar-refractivity contribution is 6.30. The molecule has 0 unspecified atom stereocenters. The van der Waals surface area contributed by atoms with Crippen LogP contribution in [0.1, 0.15) is 65.6 Å². The largest absolute Gasteiger partial charge is 0.496 e. The number of aryl methyl sites for hydroxylation is 1. The molecule has 3 fully saturated rings. The molecule has 11 heteroatoms. The molecule has 0 aromatic heterocycles. The van der Waals surface area contributed by atoms with E-state index in [0.29, 0.717) is 37.5 Å². The lowest BCUT2D eigenvalue weighted by Gasteiger charge is -2.34. The molecular formula is C32H37ClF3N3O4. The Bertz CT molecular complexity index is 1420. The predicted molar refractivity (Wildman–Crippen MR) is 156 cm³/mol. The van der Waals surface area contributed by atoms with Gasteiger partial charge in [0.2, 0.25) is 11.8 Å². The number of ether oxygens (including phenoxy) is 1. The average Bonchev–Trinajstić information content (AvgIpc) is 3.59. The lowest BCUT2D eigenvalue weighted by Crippen LogP contribution is -2.46. The van der Waals surface area contributed by atoms with Crippen molar-refractivity contribution in [3.8, 4) is 5.75 Å². The van der Waals surface area contributed by atoms with E-state index in [2.05, 4.69) is 0 Å². The molecule has 0 N–H and O–H groups in total. The first kappa shape index (κ1) is 31.2. The zero-order valence-corrected chi connectivity index (χ0v) is 25.6. The van der Waals surface area contributed by atoms with E-state index in [4.69, 9.17) is 16.3 Å². The fourth-order valence-electron chi connectivity index (χ4n) is 6.51. The van der Waals surface area contributed by atoms with Gasteiger partial charge < -0.3 is 19.4 Å². The van der Waals surface area contributed by atoms with Crippen LogP contribution in [-0.2, 0) is 15.8 Å². The van der Waals surface area contributed by atoms with Crippen LogP contribution in [0.4, 0.5) is 13.2 Å². The molecule has 2 aliphatic heterocycles. The van der Waals surface area contributed by atoms with Crippen molar-refractivity contribution in [1.29, 1.82) is 0 Å². The maximum Gasteiger partial charge on any atom is 0.419 e. The number of benzene rings is 2. The Kier molecular flexibility index (Phi) is 8.46. The van der Waals surface area contributed by atoms with Crippen LogP contribution in [0.3, 0.4) is 0 Å². The number of piperidine rings is 1. The summed E-state index contributed by atoms with van der Waals surface area (Å²) in [5, 5.41) is 0.562. The first-order valence-electron chi connectivity index (χ1n) is 14.6. The first-order chi connectivity index (χ1) is 20.2. The van der Waals surface area contributed by atoms with Gasteiger partial charge in [0.05, 0.1) is 18.7 Å². The van der Waals surface area contributed by atoms with Crippen molar-refractivity contribution in [2.24, 2.45) is 11.3 Å². The maximum absolute atomic E-state index is 13.8. The third-order valence-electron chi connectivity index (χ3n) is 9.45.